The van der Waals surface area contributed by atoms with E-state index in [9.17, 15) is 4.79 Å². The van der Waals surface area contributed by atoms with E-state index in [1.54, 1.807) is 7.11 Å². The molecule has 5 nitrogen and oxygen atoms in total. The van der Waals surface area contributed by atoms with Crippen molar-refractivity contribution in [3.8, 4) is 5.75 Å². The van der Waals surface area contributed by atoms with E-state index in [4.69, 9.17) is 9.57 Å². The van der Waals surface area contributed by atoms with Crippen LogP contribution in [0.2, 0.25) is 18.1 Å². The maximum Gasteiger partial charge on any atom is 0.273 e. The predicted molar refractivity (Wildman–Crippen MR) is 95.8 cm³/mol. The number of fused-ring (bicyclic) bond motifs is 1. The zero-order valence-corrected chi connectivity index (χ0v) is 16.1. The molecule has 0 saturated carbocycles. The number of oxime groups is 1. The van der Waals surface area contributed by atoms with Gasteiger partial charge in [-0.15, -0.1) is 0 Å². The minimum atomic E-state index is -2.09. The predicted octanol–water partition coefficient (Wildman–Crippen LogP) is 3.79. The highest BCUT2D eigenvalue weighted by atomic mass is 28.3. The minimum Gasteiger partial charge on any atom is -0.497 e. The summed E-state index contributed by atoms with van der Waals surface area (Å²) in [5.41, 5.74) is 2.05. The number of anilines is 1. The maximum absolute atomic E-state index is 13.1. The van der Waals surface area contributed by atoms with Gasteiger partial charge < -0.3 is 14.1 Å². The first kappa shape index (κ1) is 17.5. The molecular formula is C17H26N2O3Si. The number of methoxy groups -OCH3 is 1. The number of rotatable bonds is 4. The van der Waals surface area contributed by atoms with Gasteiger partial charge in [0.2, 0.25) is 0 Å². The lowest BCUT2D eigenvalue weighted by Gasteiger charge is -2.43. The summed E-state index contributed by atoms with van der Waals surface area (Å²) in [6, 6.07) is 5.69. The molecule has 1 aliphatic rings. The molecule has 0 aliphatic carbocycles. The Morgan fingerprint density at radius 1 is 1.26 bits per heavy atom. The highest BCUT2D eigenvalue weighted by Crippen LogP contribution is 2.45. The molecule has 1 heterocycles. The van der Waals surface area contributed by atoms with Gasteiger partial charge >= 0.3 is 0 Å². The van der Waals surface area contributed by atoms with E-state index >= 15 is 0 Å². The minimum absolute atomic E-state index is 0.0287. The summed E-state index contributed by atoms with van der Waals surface area (Å²) in [4.78, 5) is 18.3. The van der Waals surface area contributed by atoms with Crippen LogP contribution in [0.5, 0.6) is 5.75 Å². The van der Waals surface area contributed by atoms with Crippen LogP contribution in [0, 0.1) is 0 Å². The van der Waals surface area contributed by atoms with Crippen LogP contribution < -0.4 is 9.30 Å². The van der Waals surface area contributed by atoms with Crippen LogP contribution in [0.15, 0.2) is 23.4 Å². The van der Waals surface area contributed by atoms with E-state index in [-0.39, 0.29) is 10.9 Å². The van der Waals surface area contributed by atoms with E-state index in [0.29, 0.717) is 18.1 Å². The molecular weight excluding hydrogens is 308 g/mol. The highest BCUT2D eigenvalue weighted by Gasteiger charge is 2.50. The fourth-order valence-corrected chi connectivity index (χ4v) is 4.55. The van der Waals surface area contributed by atoms with Crippen molar-refractivity contribution < 1.29 is 14.4 Å². The van der Waals surface area contributed by atoms with E-state index in [1.165, 1.54) is 0 Å². The van der Waals surface area contributed by atoms with Gasteiger partial charge in [0.25, 0.3) is 5.91 Å². The van der Waals surface area contributed by atoms with Gasteiger partial charge in [0, 0.05) is 11.3 Å². The molecule has 126 valence electrons. The number of nitrogens with zero attached hydrogens (tertiary/aromatic N) is 2. The SMILES string of the molecule is CCO/N=C1\C(=O)N([Si](C)(C)C(C)(C)C)c2ccc(OC)cc21. The second-order valence-electron chi connectivity index (χ2n) is 7.19. The molecule has 0 unspecified atom stereocenters. The lowest BCUT2D eigenvalue weighted by atomic mass is 10.1. The number of hydrogen-bond acceptors (Lipinski definition) is 4. The third-order valence-electron chi connectivity index (χ3n) is 4.78. The zero-order chi connectivity index (χ0) is 17.4. The molecule has 2 rings (SSSR count). The molecule has 0 aromatic heterocycles. The highest BCUT2D eigenvalue weighted by molar-refractivity contribution is 6.90. The van der Waals surface area contributed by atoms with Gasteiger partial charge in [-0.1, -0.05) is 39.0 Å². The fraction of sp³-hybridized carbons (Fsp3) is 0.529. The Kier molecular flexibility index (Phi) is 4.57. The van der Waals surface area contributed by atoms with Gasteiger partial charge in [-0.25, -0.2) is 0 Å². The van der Waals surface area contributed by atoms with Crippen molar-refractivity contribution >= 4 is 25.5 Å². The molecule has 23 heavy (non-hydrogen) atoms. The Labute approximate surface area is 139 Å². The van der Waals surface area contributed by atoms with Crippen LogP contribution in [0.1, 0.15) is 33.3 Å². The molecule has 6 heteroatoms. The third-order valence-corrected chi connectivity index (χ3v) is 10.0. The summed E-state index contributed by atoms with van der Waals surface area (Å²) in [6.45, 7) is 13.3. The van der Waals surface area contributed by atoms with Crippen LogP contribution in [0.4, 0.5) is 5.69 Å². The normalized spacial score (nSPS) is 16.7. The Hall–Kier alpha value is -1.82. The van der Waals surface area contributed by atoms with Gasteiger partial charge in [-0.2, -0.15) is 0 Å². The molecule has 1 amide bonds. The molecule has 0 fully saturated rings. The average Bonchev–Trinajstić information content (AvgIpc) is 2.75. The van der Waals surface area contributed by atoms with Crippen LogP contribution >= 0.6 is 0 Å². The van der Waals surface area contributed by atoms with Crippen molar-refractivity contribution in [1.29, 1.82) is 0 Å². The average molecular weight is 334 g/mol. The number of benzene rings is 1. The number of carbonyl (C=O) groups is 1. The number of ether oxygens (including phenoxy) is 1. The van der Waals surface area contributed by atoms with Crippen molar-refractivity contribution in [3.05, 3.63) is 23.8 Å². The molecule has 0 spiro atoms. The molecule has 1 aliphatic heterocycles. The summed E-state index contributed by atoms with van der Waals surface area (Å²) in [6.07, 6.45) is 0. The molecule has 1 aromatic carbocycles. The summed E-state index contributed by atoms with van der Waals surface area (Å²) >= 11 is 0. The van der Waals surface area contributed by atoms with Crippen LogP contribution in [-0.4, -0.2) is 33.6 Å². The van der Waals surface area contributed by atoms with Crippen molar-refractivity contribution in [2.75, 3.05) is 18.3 Å². The molecule has 0 radical (unpaired) electrons. The van der Waals surface area contributed by atoms with Gasteiger partial charge in [-0.05, 0) is 30.2 Å². The molecule has 1 aromatic rings. The van der Waals surface area contributed by atoms with Gasteiger partial charge in [0.05, 0.1) is 7.11 Å². The number of hydrogen-bond donors (Lipinski definition) is 0. The second-order valence-corrected chi connectivity index (χ2v) is 12.3. The van der Waals surface area contributed by atoms with Crippen LogP contribution in [0.3, 0.4) is 0 Å². The number of amides is 1. The smallest absolute Gasteiger partial charge is 0.273 e. The van der Waals surface area contributed by atoms with Gasteiger partial charge in [0.15, 0.2) is 13.9 Å². The summed E-state index contributed by atoms with van der Waals surface area (Å²) in [5, 5.41) is 4.11. The molecule has 0 atom stereocenters. The van der Waals surface area contributed by atoms with E-state index < -0.39 is 8.24 Å². The Morgan fingerprint density at radius 3 is 2.43 bits per heavy atom. The molecule has 0 bridgehead atoms. The van der Waals surface area contributed by atoms with Crippen molar-refractivity contribution in [1.82, 2.24) is 0 Å². The van der Waals surface area contributed by atoms with Crippen molar-refractivity contribution in [3.63, 3.8) is 0 Å². The molecule has 0 saturated heterocycles. The van der Waals surface area contributed by atoms with E-state index in [1.807, 2.05) is 29.7 Å². The second kappa shape index (κ2) is 6.00. The zero-order valence-electron chi connectivity index (χ0n) is 15.1. The van der Waals surface area contributed by atoms with Crippen molar-refractivity contribution in [2.45, 2.75) is 45.8 Å². The fourth-order valence-electron chi connectivity index (χ4n) is 2.47. The van der Waals surface area contributed by atoms with Crippen molar-refractivity contribution in [2.24, 2.45) is 5.16 Å². The quantitative estimate of drug-likeness (QED) is 0.622. The summed E-state index contributed by atoms with van der Waals surface area (Å²) in [7, 11) is -0.474. The summed E-state index contributed by atoms with van der Waals surface area (Å²) < 4.78 is 7.26. The van der Waals surface area contributed by atoms with E-state index in [2.05, 4.69) is 39.0 Å². The first-order valence-electron chi connectivity index (χ1n) is 7.88. The standard InChI is InChI=1S/C17H26N2O3Si/c1-8-22-18-15-13-11-12(21-5)9-10-14(13)19(16(15)20)23(6,7)17(2,3)4/h9-11H,8H2,1-7H3/b18-15-. The first-order valence-corrected chi connectivity index (χ1v) is 10.8. The van der Waals surface area contributed by atoms with Gasteiger partial charge in [0.1, 0.15) is 12.4 Å². The third kappa shape index (κ3) is 2.87. The topological polar surface area (TPSA) is 51.1 Å². The van der Waals surface area contributed by atoms with Gasteiger partial charge in [-0.3, -0.25) is 4.79 Å². The monoisotopic (exact) mass is 334 g/mol. The van der Waals surface area contributed by atoms with E-state index in [0.717, 1.165) is 11.3 Å². The first-order chi connectivity index (χ1) is 10.6. The summed E-state index contributed by atoms with van der Waals surface area (Å²) in [5.74, 6) is 0.631. The Morgan fingerprint density at radius 2 is 1.91 bits per heavy atom. The Bertz CT molecular complexity index is 648. The Balaban J connectivity index is 2.63. The van der Waals surface area contributed by atoms with Crippen LogP contribution in [0.25, 0.3) is 0 Å². The largest absolute Gasteiger partial charge is 0.497 e. The van der Waals surface area contributed by atoms with Crippen LogP contribution in [-0.2, 0) is 9.63 Å². The lowest BCUT2D eigenvalue weighted by Crippen LogP contribution is -2.57. The maximum atomic E-state index is 13.1. The lowest BCUT2D eigenvalue weighted by molar-refractivity contribution is -0.111. The molecule has 0 N–H and O–H groups in total. The number of carbonyl (C=O) groups excluding carboxylic acids is 1.